The normalized spacial score (nSPS) is 32.3. The summed E-state index contributed by atoms with van der Waals surface area (Å²) >= 11 is 0. The van der Waals surface area contributed by atoms with Crippen LogP contribution < -0.4 is 5.32 Å². The number of nitrogens with one attached hydrogen (secondary N) is 1. The van der Waals surface area contributed by atoms with Crippen LogP contribution in [0.15, 0.2) is 0 Å². The molecule has 1 aliphatic carbocycles. The molecule has 0 bridgehead atoms. The van der Waals surface area contributed by atoms with Crippen LogP contribution in [0.4, 0.5) is 13.2 Å². The van der Waals surface area contributed by atoms with E-state index in [1.165, 1.54) is 4.90 Å². The molecule has 1 heterocycles. The number of carbonyl (C=O) groups is 1. The average molecular weight is 278 g/mol. The van der Waals surface area contributed by atoms with E-state index in [1.54, 1.807) is 7.05 Å². The third-order valence-corrected chi connectivity index (χ3v) is 4.43. The monoisotopic (exact) mass is 278 g/mol. The van der Waals surface area contributed by atoms with Crippen LogP contribution in [0.25, 0.3) is 0 Å². The van der Waals surface area contributed by atoms with Gasteiger partial charge in [-0.05, 0) is 25.8 Å². The van der Waals surface area contributed by atoms with Crippen LogP contribution in [0.2, 0.25) is 0 Å². The lowest BCUT2D eigenvalue weighted by molar-refractivity contribution is -0.201. The smallest absolute Gasteiger partial charge is 0.341 e. The van der Waals surface area contributed by atoms with Gasteiger partial charge in [-0.3, -0.25) is 4.79 Å². The lowest BCUT2D eigenvalue weighted by Gasteiger charge is -2.36. The van der Waals surface area contributed by atoms with Crippen molar-refractivity contribution in [2.75, 3.05) is 20.1 Å². The van der Waals surface area contributed by atoms with Crippen LogP contribution in [0.1, 0.15) is 32.1 Å². The quantitative estimate of drug-likeness (QED) is 0.839. The van der Waals surface area contributed by atoms with E-state index >= 15 is 0 Å². The summed E-state index contributed by atoms with van der Waals surface area (Å²) in [5.41, 5.74) is 0. The van der Waals surface area contributed by atoms with Gasteiger partial charge in [0.05, 0.1) is 5.92 Å². The number of hydrogen-bond donors (Lipinski definition) is 1. The van der Waals surface area contributed by atoms with Gasteiger partial charge in [-0.1, -0.05) is 12.8 Å². The molecule has 19 heavy (non-hydrogen) atoms. The van der Waals surface area contributed by atoms with Gasteiger partial charge in [-0.15, -0.1) is 0 Å². The fraction of sp³-hybridized carbons (Fsp3) is 0.923. The SMILES string of the molecule is CN(C(=O)C1CCCCC1C(F)(F)F)C1CCNC1. The third kappa shape index (κ3) is 3.22. The molecule has 0 aromatic heterocycles. The summed E-state index contributed by atoms with van der Waals surface area (Å²) in [5, 5.41) is 3.14. The van der Waals surface area contributed by atoms with Gasteiger partial charge in [0.15, 0.2) is 0 Å². The number of rotatable bonds is 2. The molecule has 1 saturated heterocycles. The van der Waals surface area contributed by atoms with Crippen molar-refractivity contribution in [1.29, 1.82) is 0 Å². The van der Waals surface area contributed by atoms with Gasteiger partial charge >= 0.3 is 6.18 Å². The molecule has 0 aromatic rings. The van der Waals surface area contributed by atoms with Gasteiger partial charge in [0.25, 0.3) is 0 Å². The lowest BCUT2D eigenvalue weighted by Crippen LogP contribution is -2.47. The Morgan fingerprint density at radius 1 is 1.21 bits per heavy atom. The van der Waals surface area contributed by atoms with Crippen LogP contribution in [0.5, 0.6) is 0 Å². The summed E-state index contributed by atoms with van der Waals surface area (Å²) in [7, 11) is 1.64. The fourth-order valence-electron chi connectivity index (χ4n) is 3.23. The van der Waals surface area contributed by atoms with Crippen molar-refractivity contribution in [3.8, 4) is 0 Å². The van der Waals surface area contributed by atoms with E-state index in [1.807, 2.05) is 0 Å². The second kappa shape index (κ2) is 5.69. The standard InChI is InChI=1S/C13H21F3N2O/c1-18(9-6-7-17-8-9)12(19)10-4-2-3-5-11(10)13(14,15)16/h9-11,17H,2-8H2,1H3. The number of amides is 1. The first-order valence-electron chi connectivity index (χ1n) is 6.95. The van der Waals surface area contributed by atoms with Gasteiger partial charge in [-0.25, -0.2) is 0 Å². The minimum absolute atomic E-state index is 0.0447. The van der Waals surface area contributed by atoms with Crippen molar-refractivity contribution >= 4 is 5.91 Å². The Bertz CT molecular complexity index is 326. The highest BCUT2D eigenvalue weighted by molar-refractivity contribution is 5.79. The van der Waals surface area contributed by atoms with Gasteiger partial charge in [0.1, 0.15) is 0 Å². The highest BCUT2D eigenvalue weighted by Gasteiger charge is 2.49. The topological polar surface area (TPSA) is 32.3 Å². The number of hydrogen-bond acceptors (Lipinski definition) is 2. The summed E-state index contributed by atoms with van der Waals surface area (Å²) in [4.78, 5) is 13.9. The van der Waals surface area contributed by atoms with Gasteiger partial charge in [0, 0.05) is 25.6 Å². The van der Waals surface area contributed by atoms with E-state index in [2.05, 4.69) is 5.32 Å². The first-order valence-corrected chi connectivity index (χ1v) is 6.95. The molecule has 1 N–H and O–H groups in total. The molecule has 3 nitrogen and oxygen atoms in total. The molecule has 1 saturated carbocycles. The van der Waals surface area contributed by atoms with Crippen molar-refractivity contribution in [3.63, 3.8) is 0 Å². The molecule has 2 fully saturated rings. The molecular formula is C13H21F3N2O. The predicted octanol–water partition coefficient (Wildman–Crippen LogP) is 2.18. The Morgan fingerprint density at radius 2 is 1.89 bits per heavy atom. The summed E-state index contributed by atoms with van der Waals surface area (Å²) < 4.78 is 39.0. The molecule has 2 aliphatic rings. The number of nitrogens with zero attached hydrogens (tertiary/aromatic N) is 1. The van der Waals surface area contributed by atoms with Crippen molar-refractivity contribution in [3.05, 3.63) is 0 Å². The molecule has 0 spiro atoms. The Balaban J connectivity index is 2.06. The van der Waals surface area contributed by atoms with E-state index in [-0.39, 0.29) is 18.4 Å². The van der Waals surface area contributed by atoms with E-state index < -0.39 is 18.0 Å². The third-order valence-electron chi connectivity index (χ3n) is 4.43. The molecule has 3 unspecified atom stereocenters. The predicted molar refractivity (Wildman–Crippen MR) is 65.5 cm³/mol. The number of alkyl halides is 3. The molecule has 3 atom stereocenters. The van der Waals surface area contributed by atoms with Gasteiger partial charge in [-0.2, -0.15) is 13.2 Å². The zero-order chi connectivity index (χ0) is 14.0. The first-order chi connectivity index (χ1) is 8.91. The lowest BCUT2D eigenvalue weighted by atomic mass is 9.78. The largest absolute Gasteiger partial charge is 0.392 e. The van der Waals surface area contributed by atoms with E-state index in [0.29, 0.717) is 19.4 Å². The zero-order valence-corrected chi connectivity index (χ0v) is 11.2. The summed E-state index contributed by atoms with van der Waals surface area (Å²) in [6.07, 6.45) is -1.67. The van der Waals surface area contributed by atoms with E-state index in [0.717, 1.165) is 19.4 Å². The Morgan fingerprint density at radius 3 is 2.47 bits per heavy atom. The van der Waals surface area contributed by atoms with Crippen molar-refractivity contribution in [1.82, 2.24) is 10.2 Å². The van der Waals surface area contributed by atoms with Crippen LogP contribution in [0.3, 0.4) is 0 Å². The molecular weight excluding hydrogens is 257 g/mol. The summed E-state index contributed by atoms with van der Waals surface area (Å²) in [6.45, 7) is 1.52. The van der Waals surface area contributed by atoms with Crippen LogP contribution >= 0.6 is 0 Å². The number of likely N-dealkylation sites (N-methyl/N-ethyl adjacent to an activating group) is 1. The van der Waals surface area contributed by atoms with Crippen molar-refractivity contribution < 1.29 is 18.0 Å². The van der Waals surface area contributed by atoms with Crippen molar-refractivity contribution in [2.45, 2.75) is 44.3 Å². The first kappa shape index (κ1) is 14.6. The maximum absolute atomic E-state index is 13.0. The maximum atomic E-state index is 13.0. The number of carbonyl (C=O) groups excluding carboxylic acids is 1. The summed E-state index contributed by atoms with van der Waals surface area (Å²) in [6, 6.07) is 0.0447. The minimum Gasteiger partial charge on any atom is -0.341 e. The number of halogens is 3. The van der Waals surface area contributed by atoms with Crippen molar-refractivity contribution in [2.24, 2.45) is 11.8 Å². The van der Waals surface area contributed by atoms with E-state index in [9.17, 15) is 18.0 Å². The molecule has 1 aliphatic heterocycles. The maximum Gasteiger partial charge on any atom is 0.392 e. The second-order valence-corrected chi connectivity index (χ2v) is 5.63. The zero-order valence-electron chi connectivity index (χ0n) is 11.2. The molecule has 0 radical (unpaired) electrons. The Kier molecular flexibility index (Phi) is 4.38. The van der Waals surface area contributed by atoms with Crippen LogP contribution in [-0.2, 0) is 4.79 Å². The highest BCUT2D eigenvalue weighted by atomic mass is 19.4. The molecule has 6 heteroatoms. The molecule has 0 aromatic carbocycles. The highest BCUT2D eigenvalue weighted by Crippen LogP contribution is 2.42. The summed E-state index contributed by atoms with van der Waals surface area (Å²) in [5.74, 6) is -2.65. The molecule has 110 valence electrons. The molecule has 1 amide bonds. The van der Waals surface area contributed by atoms with E-state index in [4.69, 9.17) is 0 Å². The average Bonchev–Trinajstić information content (AvgIpc) is 2.90. The fourth-order valence-corrected chi connectivity index (χ4v) is 3.23. The van der Waals surface area contributed by atoms with Crippen LogP contribution in [0, 0.1) is 11.8 Å². The minimum atomic E-state index is -4.25. The van der Waals surface area contributed by atoms with Gasteiger partial charge < -0.3 is 10.2 Å². The van der Waals surface area contributed by atoms with Gasteiger partial charge in [0.2, 0.25) is 5.91 Å². The molecule has 2 rings (SSSR count). The van der Waals surface area contributed by atoms with Crippen LogP contribution in [-0.4, -0.2) is 43.2 Å². The Labute approximate surface area is 111 Å². The Hall–Kier alpha value is -0.780. The second-order valence-electron chi connectivity index (χ2n) is 5.63.